The summed E-state index contributed by atoms with van der Waals surface area (Å²) in [6, 6.07) is 9.98. The molecular formula is C19H21N3OS2. The molecule has 1 aromatic carbocycles. The zero-order valence-electron chi connectivity index (χ0n) is 14.6. The lowest BCUT2D eigenvalue weighted by Gasteiger charge is -2.29. The zero-order chi connectivity index (χ0) is 18.0. The second kappa shape index (κ2) is 7.45. The maximum atomic E-state index is 10.4. The van der Waals surface area contributed by atoms with E-state index in [4.69, 9.17) is 0 Å². The maximum absolute atomic E-state index is 10.4. The van der Waals surface area contributed by atoms with Crippen molar-refractivity contribution in [2.45, 2.75) is 19.9 Å². The summed E-state index contributed by atoms with van der Waals surface area (Å²) in [5.41, 5.74) is 2.45. The monoisotopic (exact) mass is 371 g/mol. The molecule has 6 heteroatoms. The summed E-state index contributed by atoms with van der Waals surface area (Å²) >= 11 is 3.40. The van der Waals surface area contributed by atoms with E-state index >= 15 is 0 Å². The molecule has 4 nitrogen and oxygen atoms in total. The van der Waals surface area contributed by atoms with Gasteiger partial charge in [0.25, 0.3) is 0 Å². The van der Waals surface area contributed by atoms with Crippen LogP contribution in [0.3, 0.4) is 0 Å². The molecule has 3 rings (SSSR count). The number of thioether (sulfide) groups is 1. The van der Waals surface area contributed by atoms with Crippen LogP contribution in [-0.4, -0.2) is 33.0 Å². The molecule has 0 amide bonds. The molecule has 1 N–H and O–H groups in total. The lowest BCUT2D eigenvalue weighted by Crippen LogP contribution is -2.27. The molecule has 0 aliphatic carbocycles. The van der Waals surface area contributed by atoms with Crippen LogP contribution in [0.2, 0.25) is 0 Å². The first kappa shape index (κ1) is 17.8. The summed E-state index contributed by atoms with van der Waals surface area (Å²) in [5.74, 6) is 1.14. The van der Waals surface area contributed by atoms with Gasteiger partial charge in [0.15, 0.2) is 5.17 Å². The van der Waals surface area contributed by atoms with Gasteiger partial charge in [-0.25, -0.2) is 4.98 Å². The third-order valence-electron chi connectivity index (χ3n) is 4.05. The highest BCUT2D eigenvalue weighted by Crippen LogP contribution is 2.43. The van der Waals surface area contributed by atoms with Crippen LogP contribution in [0.5, 0.6) is 0 Å². The molecule has 1 aliphatic rings. The molecule has 0 bridgehead atoms. The average Bonchev–Trinajstić information content (AvgIpc) is 3.21. The number of aliphatic hydroxyl groups excluding tert-OH is 1. The van der Waals surface area contributed by atoms with Crippen molar-refractivity contribution >= 4 is 33.8 Å². The Kier molecular flexibility index (Phi) is 5.30. The Balaban J connectivity index is 2.03. The van der Waals surface area contributed by atoms with Crippen molar-refractivity contribution in [3.8, 4) is 0 Å². The molecule has 1 fully saturated rings. The van der Waals surface area contributed by atoms with Crippen LogP contribution in [0.15, 0.2) is 59.6 Å². The van der Waals surface area contributed by atoms with Crippen LogP contribution in [0.25, 0.3) is 5.57 Å². The van der Waals surface area contributed by atoms with Crippen molar-refractivity contribution in [2.24, 2.45) is 4.99 Å². The van der Waals surface area contributed by atoms with Crippen LogP contribution in [-0.2, 0) is 0 Å². The fraction of sp³-hybridized carbons (Fsp3) is 0.263. The third-order valence-corrected chi connectivity index (χ3v) is 6.18. The summed E-state index contributed by atoms with van der Waals surface area (Å²) in [6.45, 7) is 8.02. The number of nitrogens with zero attached hydrogens (tertiary/aromatic N) is 3. The smallest absolute Gasteiger partial charge is 0.164 e. The molecule has 130 valence electrons. The Morgan fingerprint density at radius 3 is 2.64 bits per heavy atom. The topological polar surface area (TPSA) is 48.7 Å². The highest BCUT2D eigenvalue weighted by atomic mass is 32.2. The minimum Gasteiger partial charge on any atom is -0.512 e. The van der Waals surface area contributed by atoms with E-state index in [2.05, 4.69) is 21.5 Å². The second-order valence-corrected chi connectivity index (χ2v) is 8.01. The number of rotatable bonds is 4. The van der Waals surface area contributed by atoms with E-state index in [1.165, 1.54) is 4.88 Å². The lowest BCUT2D eigenvalue weighted by atomic mass is 10.0. The van der Waals surface area contributed by atoms with Gasteiger partial charge in [0.2, 0.25) is 0 Å². The molecule has 2 heterocycles. The number of hydrogen-bond acceptors (Lipinski definition) is 5. The number of aromatic nitrogens is 1. The minimum atomic E-state index is 0.125. The van der Waals surface area contributed by atoms with Gasteiger partial charge in [-0.15, -0.1) is 11.3 Å². The van der Waals surface area contributed by atoms with Gasteiger partial charge < -0.3 is 10.0 Å². The van der Waals surface area contributed by atoms with Crippen molar-refractivity contribution in [3.63, 3.8) is 0 Å². The van der Waals surface area contributed by atoms with Crippen LogP contribution >= 0.6 is 23.1 Å². The number of aryl methyl sites for hydroxylation is 1. The number of aliphatic imine (C=N–C) groups is 1. The van der Waals surface area contributed by atoms with Gasteiger partial charge in [-0.05, 0) is 19.4 Å². The first-order valence-electron chi connectivity index (χ1n) is 7.98. The van der Waals surface area contributed by atoms with E-state index in [1.807, 2.05) is 43.5 Å². The Morgan fingerprint density at radius 1 is 1.36 bits per heavy atom. The number of amidine groups is 1. The van der Waals surface area contributed by atoms with E-state index in [9.17, 15) is 5.11 Å². The van der Waals surface area contributed by atoms with E-state index in [0.29, 0.717) is 0 Å². The summed E-state index contributed by atoms with van der Waals surface area (Å²) in [5, 5.41) is 12.3. The second-order valence-electron chi connectivity index (χ2n) is 5.76. The van der Waals surface area contributed by atoms with Crippen LogP contribution < -0.4 is 0 Å². The van der Waals surface area contributed by atoms with Crippen LogP contribution in [0.4, 0.5) is 0 Å². The molecular weight excluding hydrogens is 350 g/mol. The van der Waals surface area contributed by atoms with E-state index < -0.39 is 0 Å². The summed E-state index contributed by atoms with van der Waals surface area (Å²) in [4.78, 5) is 12.1. The summed E-state index contributed by atoms with van der Waals surface area (Å²) in [6.07, 6.45) is 1.93. The normalized spacial score (nSPS) is 20.0. The van der Waals surface area contributed by atoms with Crippen LogP contribution in [0, 0.1) is 6.92 Å². The van der Waals surface area contributed by atoms with Gasteiger partial charge in [-0.1, -0.05) is 48.7 Å². The first-order chi connectivity index (χ1) is 12.0. The number of aliphatic hydroxyl groups is 1. The van der Waals surface area contributed by atoms with Gasteiger partial charge in [0.1, 0.15) is 0 Å². The number of benzene rings is 1. The standard InChI is InChI=1S/C19H21N3OS2/c1-12(18(13(2)23)15-8-6-5-7-9-15)22-16(11-24-19(22)20-4)17-10-21-14(3)25-17/h5-10,16,23H,1,11H2,2-4H3/b18-13-,20-19?. The van der Waals surface area contributed by atoms with Gasteiger partial charge >= 0.3 is 0 Å². The zero-order valence-corrected chi connectivity index (χ0v) is 16.2. The van der Waals surface area contributed by atoms with Crippen molar-refractivity contribution in [1.82, 2.24) is 9.88 Å². The average molecular weight is 372 g/mol. The Hall–Kier alpha value is -2.05. The fourth-order valence-electron chi connectivity index (χ4n) is 2.96. The lowest BCUT2D eigenvalue weighted by molar-refractivity contribution is 0.409. The molecule has 2 aromatic rings. The molecule has 1 aromatic heterocycles. The molecule has 1 unspecified atom stereocenters. The van der Waals surface area contributed by atoms with Gasteiger partial charge in [0, 0.05) is 35.1 Å². The molecule has 1 aliphatic heterocycles. The van der Waals surface area contributed by atoms with Crippen molar-refractivity contribution in [2.75, 3.05) is 12.8 Å². The number of allylic oxidation sites excluding steroid dienone is 2. The Bertz CT molecular complexity index is 835. The van der Waals surface area contributed by atoms with Crippen molar-refractivity contribution in [1.29, 1.82) is 0 Å². The largest absolute Gasteiger partial charge is 0.512 e. The molecule has 0 radical (unpaired) electrons. The quantitative estimate of drug-likeness (QED) is 0.605. The van der Waals surface area contributed by atoms with Crippen molar-refractivity contribution < 1.29 is 5.11 Å². The van der Waals surface area contributed by atoms with E-state index in [-0.39, 0.29) is 11.8 Å². The van der Waals surface area contributed by atoms with E-state index in [0.717, 1.165) is 32.8 Å². The molecule has 1 saturated heterocycles. The van der Waals surface area contributed by atoms with Gasteiger partial charge in [-0.2, -0.15) is 0 Å². The molecule has 0 spiro atoms. The maximum Gasteiger partial charge on any atom is 0.164 e. The van der Waals surface area contributed by atoms with E-state index in [1.54, 1.807) is 37.1 Å². The molecule has 0 saturated carbocycles. The Labute approximate surface area is 156 Å². The first-order valence-corrected chi connectivity index (χ1v) is 9.78. The Morgan fingerprint density at radius 2 is 2.08 bits per heavy atom. The van der Waals surface area contributed by atoms with Crippen LogP contribution in [0.1, 0.15) is 28.4 Å². The highest BCUT2D eigenvalue weighted by Gasteiger charge is 2.35. The molecule has 1 atom stereocenters. The predicted molar refractivity (Wildman–Crippen MR) is 108 cm³/mol. The van der Waals surface area contributed by atoms with Gasteiger partial charge in [0.05, 0.1) is 16.8 Å². The summed E-state index contributed by atoms with van der Waals surface area (Å²) < 4.78 is 0. The third kappa shape index (κ3) is 3.50. The number of thiazole rings is 1. The highest BCUT2D eigenvalue weighted by molar-refractivity contribution is 8.14. The molecule has 25 heavy (non-hydrogen) atoms. The number of hydrogen-bond donors (Lipinski definition) is 1. The summed E-state index contributed by atoms with van der Waals surface area (Å²) in [7, 11) is 1.79. The van der Waals surface area contributed by atoms with Gasteiger partial charge in [-0.3, -0.25) is 4.99 Å². The minimum absolute atomic E-state index is 0.125. The predicted octanol–water partition coefficient (Wildman–Crippen LogP) is 5.03. The van der Waals surface area contributed by atoms with Crippen molar-refractivity contribution in [3.05, 3.63) is 70.0 Å². The SMILES string of the molecule is C=C(/C(=C(\C)O)c1ccccc1)N1C(=NC)SCC1c1cnc(C)s1. The fourth-order valence-corrected chi connectivity index (χ4v) is 5.08.